The predicted molar refractivity (Wildman–Crippen MR) is 362 cm³/mol. The maximum atomic E-state index is 13.0. The van der Waals surface area contributed by atoms with Crippen molar-refractivity contribution in [3.63, 3.8) is 0 Å². The van der Waals surface area contributed by atoms with E-state index in [0.29, 0.717) is 19.3 Å². The second-order valence-electron chi connectivity index (χ2n) is 24.1. The van der Waals surface area contributed by atoms with E-state index in [-0.39, 0.29) is 31.1 Å². The first-order valence-electron chi connectivity index (χ1n) is 36.1. The Balaban J connectivity index is 4.25. The summed E-state index contributed by atoms with van der Waals surface area (Å²) in [6.07, 6.45) is 94.7. The van der Waals surface area contributed by atoms with Gasteiger partial charge in [-0.2, -0.15) is 0 Å². The van der Waals surface area contributed by atoms with Gasteiger partial charge in [0.25, 0.3) is 0 Å². The molecule has 0 spiro atoms. The van der Waals surface area contributed by atoms with Crippen LogP contribution in [-0.2, 0) is 28.6 Å². The fourth-order valence-corrected chi connectivity index (χ4v) is 10.5. The lowest BCUT2D eigenvalue weighted by molar-refractivity contribution is -0.167. The summed E-state index contributed by atoms with van der Waals surface area (Å²) in [7, 11) is 0. The molecule has 0 aromatic rings. The minimum Gasteiger partial charge on any atom is -0.462 e. The van der Waals surface area contributed by atoms with Crippen molar-refractivity contribution in [2.24, 2.45) is 0 Å². The van der Waals surface area contributed by atoms with Crippen LogP contribution in [0, 0.1) is 0 Å². The third-order valence-electron chi connectivity index (χ3n) is 15.9. The molecule has 1 unspecified atom stereocenters. The van der Waals surface area contributed by atoms with E-state index in [0.717, 1.165) is 103 Å². The molecule has 0 aliphatic heterocycles. The van der Waals surface area contributed by atoms with Crippen LogP contribution in [0.2, 0.25) is 0 Å². The zero-order chi connectivity index (χ0) is 59.9. The molecule has 1 atom stereocenters. The number of carbonyl (C=O) groups excluding carboxylic acids is 3. The number of esters is 3. The molecule has 0 aliphatic rings. The van der Waals surface area contributed by atoms with Crippen molar-refractivity contribution in [3.05, 3.63) is 85.1 Å². The van der Waals surface area contributed by atoms with E-state index in [1.165, 1.54) is 225 Å². The number of rotatable bonds is 66. The Bertz CT molecular complexity index is 1570. The van der Waals surface area contributed by atoms with E-state index >= 15 is 0 Å². The summed E-state index contributed by atoms with van der Waals surface area (Å²) in [6, 6.07) is 0. The Morgan fingerprint density at radius 1 is 0.253 bits per heavy atom. The average Bonchev–Trinajstić information content (AvgIpc) is 3.49. The van der Waals surface area contributed by atoms with Crippen LogP contribution >= 0.6 is 0 Å². The molecule has 480 valence electrons. The largest absolute Gasteiger partial charge is 0.462 e. The molecular weight excluding hydrogens is 1020 g/mol. The van der Waals surface area contributed by atoms with Crippen LogP contribution in [0.25, 0.3) is 0 Å². The SMILES string of the molecule is CC/C=C\C/C=C\C/C=C\C/C=C\CCCCCCCCCCCCCCCCCCC(=O)OCC(COC(=O)CCCCCCCCCCCCCCC)OC(=O)CCCCCCCCCC/C=C\C/C=C\C/C=C\CCCCCCC. The topological polar surface area (TPSA) is 78.9 Å². The lowest BCUT2D eigenvalue weighted by Crippen LogP contribution is -2.30. The molecule has 0 bridgehead atoms. The van der Waals surface area contributed by atoms with Gasteiger partial charge in [0.05, 0.1) is 0 Å². The molecule has 0 saturated heterocycles. The molecule has 0 amide bonds. The summed E-state index contributed by atoms with van der Waals surface area (Å²) in [5, 5.41) is 0. The Hall–Kier alpha value is -3.41. The normalized spacial score (nSPS) is 12.6. The highest BCUT2D eigenvalue weighted by Gasteiger charge is 2.19. The van der Waals surface area contributed by atoms with Gasteiger partial charge in [-0.05, 0) is 96.3 Å². The van der Waals surface area contributed by atoms with Crippen LogP contribution in [-0.4, -0.2) is 37.2 Å². The molecular formula is C77H136O6. The Morgan fingerprint density at radius 3 is 0.735 bits per heavy atom. The summed E-state index contributed by atoms with van der Waals surface area (Å²) in [5.41, 5.74) is 0. The van der Waals surface area contributed by atoms with Crippen molar-refractivity contribution in [1.29, 1.82) is 0 Å². The fourth-order valence-electron chi connectivity index (χ4n) is 10.5. The van der Waals surface area contributed by atoms with Gasteiger partial charge in [-0.15, -0.1) is 0 Å². The highest BCUT2D eigenvalue weighted by atomic mass is 16.6. The molecule has 6 nitrogen and oxygen atoms in total. The molecule has 0 rings (SSSR count). The van der Waals surface area contributed by atoms with Crippen molar-refractivity contribution in [2.75, 3.05) is 13.2 Å². The van der Waals surface area contributed by atoms with Crippen molar-refractivity contribution >= 4 is 17.9 Å². The summed E-state index contributed by atoms with van der Waals surface area (Å²) in [4.78, 5) is 38.5. The fraction of sp³-hybridized carbons (Fsp3) is 0.779. The molecule has 0 heterocycles. The van der Waals surface area contributed by atoms with Gasteiger partial charge in [0.15, 0.2) is 6.10 Å². The molecule has 0 radical (unpaired) electrons. The van der Waals surface area contributed by atoms with Crippen LogP contribution in [0.1, 0.15) is 367 Å². The minimum absolute atomic E-state index is 0.0744. The molecule has 83 heavy (non-hydrogen) atoms. The first-order valence-corrected chi connectivity index (χ1v) is 36.1. The zero-order valence-corrected chi connectivity index (χ0v) is 55.2. The van der Waals surface area contributed by atoms with Gasteiger partial charge in [-0.1, -0.05) is 337 Å². The molecule has 0 saturated carbocycles. The van der Waals surface area contributed by atoms with Gasteiger partial charge >= 0.3 is 17.9 Å². The molecule has 0 aliphatic carbocycles. The summed E-state index contributed by atoms with van der Waals surface area (Å²) >= 11 is 0. The first-order chi connectivity index (χ1) is 41.0. The van der Waals surface area contributed by atoms with Gasteiger partial charge < -0.3 is 14.2 Å². The number of ether oxygens (including phenoxy) is 3. The van der Waals surface area contributed by atoms with Crippen molar-refractivity contribution in [1.82, 2.24) is 0 Å². The van der Waals surface area contributed by atoms with E-state index in [9.17, 15) is 14.4 Å². The standard InChI is InChI=1S/C77H136O6/c1-4-7-10-13-16-19-22-25-27-29-31-33-35-36-37-38-39-40-42-43-45-47-49-52-55-58-61-64-67-70-76(79)82-73-74(72-81-75(78)69-66-63-60-57-54-51-24-21-18-15-12-9-6-3)83-77(80)71-68-65-62-59-56-53-50-48-46-44-41-34-32-30-28-26-23-20-17-14-11-8-5-2/h7,10,16,19,23,25-27,30-33,41,44,74H,4-6,8-9,11-15,17-18,20-22,24,28-29,34-40,42-43,45-73H2,1-3H3/b10-7-,19-16-,26-23-,27-25-,32-30-,33-31-,44-41-. The highest BCUT2D eigenvalue weighted by molar-refractivity contribution is 5.71. The predicted octanol–water partition coefficient (Wildman–Crippen LogP) is 25.0. The number of carbonyl (C=O) groups is 3. The van der Waals surface area contributed by atoms with E-state index in [1.807, 2.05) is 0 Å². The van der Waals surface area contributed by atoms with Crippen molar-refractivity contribution in [2.45, 2.75) is 374 Å². The number of hydrogen-bond donors (Lipinski definition) is 0. The van der Waals surface area contributed by atoms with Crippen molar-refractivity contribution < 1.29 is 28.6 Å². The molecule has 0 aromatic carbocycles. The summed E-state index contributed by atoms with van der Waals surface area (Å²) in [5.74, 6) is -0.860. The van der Waals surface area contributed by atoms with E-state index in [1.54, 1.807) is 0 Å². The maximum Gasteiger partial charge on any atom is 0.306 e. The lowest BCUT2D eigenvalue weighted by atomic mass is 10.0. The van der Waals surface area contributed by atoms with E-state index in [2.05, 4.69) is 106 Å². The van der Waals surface area contributed by atoms with Gasteiger partial charge in [0.1, 0.15) is 13.2 Å². The second-order valence-corrected chi connectivity index (χ2v) is 24.1. The van der Waals surface area contributed by atoms with Crippen molar-refractivity contribution in [3.8, 4) is 0 Å². The first kappa shape index (κ1) is 79.6. The van der Waals surface area contributed by atoms with Crippen LogP contribution in [0.15, 0.2) is 85.1 Å². The Kier molecular flexibility index (Phi) is 68.2. The third kappa shape index (κ3) is 69.3. The number of hydrogen-bond acceptors (Lipinski definition) is 6. The van der Waals surface area contributed by atoms with Gasteiger partial charge in [0, 0.05) is 19.3 Å². The van der Waals surface area contributed by atoms with E-state index in [4.69, 9.17) is 14.2 Å². The number of unbranched alkanes of at least 4 members (excludes halogenated alkanes) is 41. The number of allylic oxidation sites excluding steroid dienone is 14. The smallest absolute Gasteiger partial charge is 0.306 e. The second kappa shape index (κ2) is 71.1. The average molecular weight is 1160 g/mol. The van der Waals surface area contributed by atoms with Crippen LogP contribution in [0.3, 0.4) is 0 Å². The summed E-state index contributed by atoms with van der Waals surface area (Å²) < 4.78 is 17.0. The monoisotopic (exact) mass is 1160 g/mol. The molecule has 0 N–H and O–H groups in total. The third-order valence-corrected chi connectivity index (χ3v) is 15.9. The summed E-state index contributed by atoms with van der Waals surface area (Å²) in [6.45, 7) is 6.56. The van der Waals surface area contributed by atoms with Gasteiger partial charge in [-0.25, -0.2) is 0 Å². The highest BCUT2D eigenvalue weighted by Crippen LogP contribution is 2.18. The minimum atomic E-state index is -0.780. The maximum absolute atomic E-state index is 13.0. The quantitative estimate of drug-likeness (QED) is 0.0261. The van der Waals surface area contributed by atoms with Gasteiger partial charge in [-0.3, -0.25) is 14.4 Å². The van der Waals surface area contributed by atoms with Gasteiger partial charge in [0.2, 0.25) is 0 Å². The van der Waals surface area contributed by atoms with Crippen LogP contribution in [0.4, 0.5) is 0 Å². The van der Waals surface area contributed by atoms with Crippen LogP contribution < -0.4 is 0 Å². The Labute approximate surface area is 515 Å². The van der Waals surface area contributed by atoms with Crippen LogP contribution in [0.5, 0.6) is 0 Å². The lowest BCUT2D eigenvalue weighted by Gasteiger charge is -2.18. The zero-order valence-electron chi connectivity index (χ0n) is 55.2. The molecule has 6 heteroatoms. The molecule has 0 aromatic heterocycles. The Morgan fingerprint density at radius 2 is 0.470 bits per heavy atom. The van der Waals surface area contributed by atoms with E-state index < -0.39 is 6.10 Å². The molecule has 0 fully saturated rings.